The lowest BCUT2D eigenvalue weighted by molar-refractivity contribution is 0.0603. The zero-order valence-electron chi connectivity index (χ0n) is 11.8. The molecular formula is C15H11ClN2O4. The number of esters is 1. The Morgan fingerprint density at radius 1 is 1.23 bits per heavy atom. The smallest absolute Gasteiger partial charge is 0.344 e. The Balaban J connectivity index is 2.25. The first-order chi connectivity index (χ1) is 10.6. The first kappa shape index (κ1) is 14.3. The standard InChI is InChI=1S/C15H11ClN2O4/c1-20-9-5-3-8(4-6-9)13-11(15(19)21-2)12-14(22-13)17-7-10(16)18-12/h3-7H,1-2H3. The SMILES string of the molecule is COC(=O)c1c(-c2ccc(OC)cc2)oc2ncc(Cl)nc12. The van der Waals surface area contributed by atoms with Crippen molar-refractivity contribution in [2.75, 3.05) is 14.2 Å². The number of rotatable bonds is 3. The second-order valence-corrected chi connectivity index (χ2v) is 4.76. The number of fused-ring (bicyclic) bond motifs is 1. The van der Waals surface area contributed by atoms with Gasteiger partial charge in [0.15, 0.2) is 5.76 Å². The number of furan rings is 1. The van der Waals surface area contributed by atoms with Crippen LogP contribution in [0.2, 0.25) is 5.15 Å². The minimum atomic E-state index is -0.568. The van der Waals surface area contributed by atoms with E-state index in [-0.39, 0.29) is 21.9 Å². The molecule has 0 fully saturated rings. The van der Waals surface area contributed by atoms with Crippen molar-refractivity contribution in [2.24, 2.45) is 0 Å². The number of hydrogen-bond acceptors (Lipinski definition) is 6. The number of aromatic nitrogens is 2. The average Bonchev–Trinajstić information content (AvgIpc) is 2.92. The summed E-state index contributed by atoms with van der Waals surface area (Å²) in [4.78, 5) is 20.3. The Hall–Kier alpha value is -2.60. The summed E-state index contributed by atoms with van der Waals surface area (Å²) >= 11 is 5.85. The third-order valence-electron chi connectivity index (χ3n) is 3.11. The first-order valence-corrected chi connectivity index (χ1v) is 6.69. The highest BCUT2D eigenvalue weighted by atomic mass is 35.5. The molecule has 2 aromatic heterocycles. The van der Waals surface area contributed by atoms with Crippen LogP contribution < -0.4 is 4.74 Å². The van der Waals surface area contributed by atoms with Gasteiger partial charge in [-0.3, -0.25) is 0 Å². The van der Waals surface area contributed by atoms with Crippen molar-refractivity contribution in [1.29, 1.82) is 0 Å². The van der Waals surface area contributed by atoms with E-state index < -0.39 is 5.97 Å². The van der Waals surface area contributed by atoms with Gasteiger partial charge in [-0.1, -0.05) is 11.6 Å². The van der Waals surface area contributed by atoms with Crippen LogP contribution in [-0.4, -0.2) is 30.2 Å². The van der Waals surface area contributed by atoms with Gasteiger partial charge in [0.1, 0.15) is 22.0 Å². The summed E-state index contributed by atoms with van der Waals surface area (Å²) in [6.45, 7) is 0. The Bertz CT molecular complexity index is 843. The predicted octanol–water partition coefficient (Wildman–Crippen LogP) is 3.34. The maximum atomic E-state index is 12.1. The topological polar surface area (TPSA) is 74.5 Å². The van der Waals surface area contributed by atoms with Gasteiger partial charge >= 0.3 is 5.97 Å². The fourth-order valence-electron chi connectivity index (χ4n) is 2.09. The van der Waals surface area contributed by atoms with Crippen LogP contribution in [0.4, 0.5) is 0 Å². The van der Waals surface area contributed by atoms with Gasteiger partial charge in [-0.05, 0) is 24.3 Å². The molecule has 7 heteroatoms. The van der Waals surface area contributed by atoms with Crippen LogP contribution in [0.1, 0.15) is 10.4 Å². The van der Waals surface area contributed by atoms with Crippen molar-refractivity contribution in [3.63, 3.8) is 0 Å². The van der Waals surface area contributed by atoms with Crippen LogP contribution in [0, 0.1) is 0 Å². The molecule has 2 heterocycles. The molecule has 0 unspecified atom stereocenters. The molecule has 112 valence electrons. The number of halogens is 1. The number of carbonyl (C=O) groups is 1. The Morgan fingerprint density at radius 3 is 2.59 bits per heavy atom. The molecule has 22 heavy (non-hydrogen) atoms. The van der Waals surface area contributed by atoms with E-state index in [0.29, 0.717) is 17.1 Å². The van der Waals surface area contributed by atoms with Gasteiger partial charge in [-0.2, -0.15) is 0 Å². The lowest BCUT2D eigenvalue weighted by Crippen LogP contribution is -2.02. The normalized spacial score (nSPS) is 10.7. The maximum absolute atomic E-state index is 12.1. The number of carbonyl (C=O) groups excluding carboxylic acids is 1. The molecule has 0 amide bonds. The highest BCUT2D eigenvalue weighted by Crippen LogP contribution is 2.33. The first-order valence-electron chi connectivity index (χ1n) is 6.32. The van der Waals surface area contributed by atoms with Crippen molar-refractivity contribution in [2.45, 2.75) is 0 Å². The van der Waals surface area contributed by atoms with Crippen LogP contribution >= 0.6 is 11.6 Å². The largest absolute Gasteiger partial charge is 0.497 e. The second kappa shape index (κ2) is 5.65. The molecular weight excluding hydrogens is 308 g/mol. The zero-order valence-corrected chi connectivity index (χ0v) is 12.5. The maximum Gasteiger partial charge on any atom is 0.344 e. The number of benzene rings is 1. The molecule has 0 spiro atoms. The zero-order chi connectivity index (χ0) is 15.7. The highest BCUT2D eigenvalue weighted by Gasteiger charge is 2.25. The molecule has 0 aliphatic carbocycles. The van der Waals surface area contributed by atoms with E-state index in [1.165, 1.54) is 13.3 Å². The molecule has 0 radical (unpaired) electrons. The number of hydrogen-bond donors (Lipinski definition) is 0. The molecule has 6 nitrogen and oxygen atoms in total. The van der Waals surface area contributed by atoms with E-state index in [2.05, 4.69) is 9.97 Å². The summed E-state index contributed by atoms with van der Waals surface area (Å²) in [5, 5.41) is 0.166. The average molecular weight is 319 g/mol. The number of methoxy groups -OCH3 is 2. The number of ether oxygens (including phenoxy) is 2. The van der Waals surface area contributed by atoms with Gasteiger partial charge in [-0.25, -0.2) is 14.8 Å². The van der Waals surface area contributed by atoms with Gasteiger partial charge < -0.3 is 13.9 Å². The summed E-state index contributed by atoms with van der Waals surface area (Å²) < 4.78 is 15.6. The predicted molar refractivity (Wildman–Crippen MR) is 80.1 cm³/mol. The molecule has 0 saturated heterocycles. The van der Waals surface area contributed by atoms with Crippen molar-refractivity contribution in [1.82, 2.24) is 9.97 Å². The van der Waals surface area contributed by atoms with Crippen LogP contribution in [0.25, 0.3) is 22.6 Å². The highest BCUT2D eigenvalue weighted by molar-refractivity contribution is 6.29. The molecule has 1 aromatic carbocycles. The molecule has 0 aliphatic heterocycles. The summed E-state index contributed by atoms with van der Waals surface area (Å²) in [5.41, 5.74) is 1.36. The minimum Gasteiger partial charge on any atom is -0.497 e. The second-order valence-electron chi connectivity index (χ2n) is 4.37. The molecule has 0 atom stereocenters. The Kier molecular flexibility index (Phi) is 3.68. The molecule has 0 bridgehead atoms. The summed E-state index contributed by atoms with van der Waals surface area (Å²) in [6, 6.07) is 7.06. The van der Waals surface area contributed by atoms with Gasteiger partial charge in [0, 0.05) is 5.56 Å². The van der Waals surface area contributed by atoms with E-state index in [9.17, 15) is 4.79 Å². The van der Waals surface area contributed by atoms with E-state index in [0.717, 1.165) is 0 Å². The summed E-state index contributed by atoms with van der Waals surface area (Å²) in [7, 11) is 2.86. The van der Waals surface area contributed by atoms with Gasteiger partial charge in [0.25, 0.3) is 0 Å². The lowest BCUT2D eigenvalue weighted by atomic mass is 10.1. The van der Waals surface area contributed by atoms with E-state index in [1.54, 1.807) is 31.4 Å². The third-order valence-corrected chi connectivity index (χ3v) is 3.30. The quantitative estimate of drug-likeness (QED) is 0.689. The van der Waals surface area contributed by atoms with E-state index in [4.69, 9.17) is 25.5 Å². The van der Waals surface area contributed by atoms with Crippen LogP contribution in [0.3, 0.4) is 0 Å². The molecule has 3 aromatic rings. The van der Waals surface area contributed by atoms with Crippen LogP contribution in [-0.2, 0) is 4.74 Å². The van der Waals surface area contributed by atoms with Crippen molar-refractivity contribution >= 4 is 28.8 Å². The lowest BCUT2D eigenvalue weighted by Gasteiger charge is -2.03. The van der Waals surface area contributed by atoms with Crippen molar-refractivity contribution in [3.8, 4) is 17.1 Å². The van der Waals surface area contributed by atoms with Gasteiger partial charge in [0.05, 0.1) is 20.4 Å². The molecule has 0 saturated carbocycles. The van der Waals surface area contributed by atoms with Crippen molar-refractivity contribution < 1.29 is 18.7 Å². The molecule has 0 aliphatic rings. The minimum absolute atomic E-state index is 0.166. The fraction of sp³-hybridized carbons (Fsp3) is 0.133. The van der Waals surface area contributed by atoms with E-state index >= 15 is 0 Å². The van der Waals surface area contributed by atoms with Crippen molar-refractivity contribution in [3.05, 3.63) is 41.2 Å². The summed E-state index contributed by atoms with van der Waals surface area (Å²) in [6.07, 6.45) is 1.35. The third kappa shape index (κ3) is 2.37. The molecule has 0 N–H and O–H groups in total. The fourth-order valence-corrected chi connectivity index (χ4v) is 2.22. The van der Waals surface area contributed by atoms with E-state index in [1.807, 2.05) is 0 Å². The van der Waals surface area contributed by atoms with Crippen LogP contribution in [0.15, 0.2) is 34.9 Å². The van der Waals surface area contributed by atoms with Crippen LogP contribution in [0.5, 0.6) is 5.75 Å². The van der Waals surface area contributed by atoms with Gasteiger partial charge in [-0.15, -0.1) is 0 Å². The Morgan fingerprint density at radius 2 is 1.95 bits per heavy atom. The summed E-state index contributed by atoms with van der Waals surface area (Å²) in [5.74, 6) is 0.451. The Labute approximate surface area is 130 Å². The monoisotopic (exact) mass is 318 g/mol. The van der Waals surface area contributed by atoms with Gasteiger partial charge in [0.2, 0.25) is 5.71 Å². The number of nitrogens with zero attached hydrogens (tertiary/aromatic N) is 2. The molecule has 3 rings (SSSR count).